The molecule has 0 atom stereocenters. The number of unbranched alkanes of at least 4 members (excludes halogenated alkanes) is 1. The molecule has 0 amide bonds. The number of benzene rings is 1. The molecule has 0 bridgehead atoms. The van der Waals surface area contributed by atoms with Gasteiger partial charge in [0, 0.05) is 12.1 Å². The highest BCUT2D eigenvalue weighted by atomic mass is 15.4. The zero-order chi connectivity index (χ0) is 12.6. The quantitative estimate of drug-likeness (QED) is 0.765. The van der Waals surface area contributed by atoms with Crippen molar-refractivity contribution in [3.8, 4) is 0 Å². The Morgan fingerprint density at radius 1 is 1.22 bits per heavy atom. The first-order chi connectivity index (χ1) is 8.92. The average molecular weight is 242 g/mol. The minimum absolute atomic E-state index is 0.806. The van der Waals surface area contributed by atoms with E-state index in [1.807, 2.05) is 36.4 Å². The molecule has 0 fully saturated rings. The summed E-state index contributed by atoms with van der Waals surface area (Å²) in [6.07, 6.45) is 4.45. The Balaban J connectivity index is 1.95. The molecular weight excluding hydrogens is 224 g/mol. The molecule has 1 aromatic rings. The van der Waals surface area contributed by atoms with Gasteiger partial charge in [-0.15, -0.1) is 10.2 Å². The van der Waals surface area contributed by atoms with E-state index >= 15 is 0 Å². The summed E-state index contributed by atoms with van der Waals surface area (Å²) in [7, 11) is 0. The molecule has 1 aliphatic rings. The molecule has 18 heavy (non-hydrogen) atoms. The van der Waals surface area contributed by atoms with Gasteiger partial charge in [-0.3, -0.25) is 0 Å². The van der Waals surface area contributed by atoms with Gasteiger partial charge in [0.1, 0.15) is 11.4 Å². The highest BCUT2D eigenvalue weighted by Gasteiger charge is 2.13. The molecule has 4 heteroatoms. The summed E-state index contributed by atoms with van der Waals surface area (Å²) < 4.78 is 0. The van der Waals surface area contributed by atoms with E-state index in [1.165, 1.54) is 12.8 Å². The first-order valence-corrected chi connectivity index (χ1v) is 6.37. The molecule has 0 saturated heterocycles. The highest BCUT2D eigenvalue weighted by molar-refractivity contribution is 6.12. The second-order valence-electron chi connectivity index (χ2n) is 4.15. The average Bonchev–Trinajstić information content (AvgIpc) is 2.88. The Morgan fingerprint density at radius 2 is 2.06 bits per heavy atom. The number of allylic oxidation sites excluding steroid dienone is 1. The maximum absolute atomic E-state index is 4.08. The summed E-state index contributed by atoms with van der Waals surface area (Å²) in [5, 5.41) is 15.2. The Kier molecular flexibility index (Phi) is 4.78. The number of hydrogen-bond donors (Lipinski definition) is 1. The fraction of sp³-hybridized carbons (Fsp3) is 0.357. The van der Waals surface area contributed by atoms with Gasteiger partial charge in [0.05, 0.1) is 0 Å². The zero-order valence-corrected chi connectivity index (χ0v) is 10.6. The third-order valence-corrected chi connectivity index (χ3v) is 2.73. The summed E-state index contributed by atoms with van der Waals surface area (Å²) in [5.41, 5.74) is 2.76. The Hall–Kier alpha value is -1.81. The fourth-order valence-corrected chi connectivity index (χ4v) is 1.73. The van der Waals surface area contributed by atoms with Crippen molar-refractivity contribution in [1.29, 1.82) is 0 Å². The lowest BCUT2D eigenvalue weighted by Crippen LogP contribution is -2.15. The maximum atomic E-state index is 4.08. The lowest BCUT2D eigenvalue weighted by atomic mass is 10.1. The van der Waals surface area contributed by atoms with Gasteiger partial charge in [0.25, 0.3) is 0 Å². The molecule has 0 saturated carbocycles. The molecule has 0 aliphatic carbocycles. The minimum Gasteiger partial charge on any atom is -0.313 e. The summed E-state index contributed by atoms with van der Waals surface area (Å²) in [6.45, 7) is 4.03. The van der Waals surface area contributed by atoms with Gasteiger partial charge in [0.15, 0.2) is 0 Å². The van der Waals surface area contributed by atoms with Gasteiger partial charge in [-0.2, -0.15) is 0 Å². The molecule has 2 rings (SSSR count). The van der Waals surface area contributed by atoms with Crippen LogP contribution in [0.2, 0.25) is 0 Å². The van der Waals surface area contributed by atoms with E-state index in [9.17, 15) is 0 Å². The van der Waals surface area contributed by atoms with Crippen LogP contribution in [0.3, 0.4) is 0 Å². The van der Waals surface area contributed by atoms with Crippen LogP contribution in [0.15, 0.2) is 57.5 Å². The molecule has 0 spiro atoms. The van der Waals surface area contributed by atoms with E-state index in [0.717, 1.165) is 30.1 Å². The molecule has 1 heterocycles. The molecule has 0 unspecified atom stereocenters. The summed E-state index contributed by atoms with van der Waals surface area (Å²) in [4.78, 5) is 0. The van der Waals surface area contributed by atoms with E-state index in [-0.39, 0.29) is 0 Å². The van der Waals surface area contributed by atoms with Gasteiger partial charge in [0.2, 0.25) is 0 Å². The van der Waals surface area contributed by atoms with Gasteiger partial charge in [-0.25, -0.2) is 0 Å². The number of nitrogens with zero attached hydrogens (tertiary/aromatic N) is 3. The standard InChI is InChI=1S/C14H18N4/c1-2-3-10-15-11-9-13-14(17-18-16-13)12-7-5-4-6-8-12/h4-9,15H,2-3,10-11H2,1H3. The molecule has 0 radical (unpaired) electrons. The smallest absolute Gasteiger partial charge is 0.122 e. The third-order valence-electron chi connectivity index (χ3n) is 2.73. The van der Waals surface area contributed by atoms with Crippen LogP contribution in [0, 0.1) is 0 Å². The SMILES string of the molecule is CCCCNCC=C1N=NN=C1c1ccccc1. The molecule has 4 nitrogen and oxygen atoms in total. The van der Waals surface area contributed by atoms with Gasteiger partial charge >= 0.3 is 0 Å². The summed E-state index contributed by atoms with van der Waals surface area (Å²) >= 11 is 0. The van der Waals surface area contributed by atoms with E-state index < -0.39 is 0 Å². The zero-order valence-electron chi connectivity index (χ0n) is 10.6. The Bertz CT molecular complexity index is 460. The normalized spacial score (nSPS) is 16.3. The van der Waals surface area contributed by atoms with Crippen LogP contribution >= 0.6 is 0 Å². The summed E-state index contributed by atoms with van der Waals surface area (Å²) in [5.74, 6) is 0. The Morgan fingerprint density at radius 3 is 2.83 bits per heavy atom. The van der Waals surface area contributed by atoms with E-state index in [1.54, 1.807) is 0 Å². The van der Waals surface area contributed by atoms with Gasteiger partial charge in [-0.1, -0.05) is 43.7 Å². The van der Waals surface area contributed by atoms with Crippen LogP contribution in [-0.2, 0) is 0 Å². The van der Waals surface area contributed by atoms with Crippen molar-refractivity contribution >= 4 is 5.71 Å². The van der Waals surface area contributed by atoms with Crippen molar-refractivity contribution in [3.63, 3.8) is 0 Å². The van der Waals surface area contributed by atoms with Crippen molar-refractivity contribution in [2.24, 2.45) is 15.4 Å². The van der Waals surface area contributed by atoms with Crippen molar-refractivity contribution in [2.45, 2.75) is 19.8 Å². The predicted octanol–water partition coefficient (Wildman–Crippen LogP) is 3.13. The second-order valence-corrected chi connectivity index (χ2v) is 4.15. The molecule has 1 aliphatic heterocycles. The van der Waals surface area contributed by atoms with Crippen molar-refractivity contribution < 1.29 is 0 Å². The van der Waals surface area contributed by atoms with Crippen LogP contribution in [0.1, 0.15) is 25.3 Å². The van der Waals surface area contributed by atoms with Crippen LogP contribution in [0.4, 0.5) is 0 Å². The number of hydrogen-bond acceptors (Lipinski definition) is 4. The third kappa shape index (κ3) is 3.34. The molecular formula is C14H18N4. The first-order valence-electron chi connectivity index (χ1n) is 6.37. The molecule has 0 aromatic heterocycles. The van der Waals surface area contributed by atoms with Crippen LogP contribution in [0.25, 0.3) is 0 Å². The van der Waals surface area contributed by atoms with Crippen molar-refractivity contribution in [3.05, 3.63) is 47.7 Å². The second kappa shape index (κ2) is 6.81. The molecule has 1 aromatic carbocycles. The monoisotopic (exact) mass is 242 g/mol. The highest BCUT2D eigenvalue weighted by Crippen LogP contribution is 2.16. The van der Waals surface area contributed by atoms with E-state index in [2.05, 4.69) is 27.7 Å². The molecule has 1 N–H and O–H groups in total. The predicted molar refractivity (Wildman–Crippen MR) is 73.7 cm³/mol. The lowest BCUT2D eigenvalue weighted by molar-refractivity contribution is 0.680. The minimum atomic E-state index is 0.806. The van der Waals surface area contributed by atoms with Crippen LogP contribution in [-0.4, -0.2) is 18.8 Å². The topological polar surface area (TPSA) is 49.1 Å². The number of rotatable bonds is 6. The van der Waals surface area contributed by atoms with Crippen molar-refractivity contribution in [2.75, 3.05) is 13.1 Å². The molecule has 94 valence electrons. The maximum Gasteiger partial charge on any atom is 0.122 e. The first kappa shape index (κ1) is 12.6. The fourth-order valence-electron chi connectivity index (χ4n) is 1.73. The lowest BCUT2D eigenvalue weighted by Gasteiger charge is -2.02. The van der Waals surface area contributed by atoms with E-state index in [4.69, 9.17) is 0 Å². The van der Waals surface area contributed by atoms with Crippen molar-refractivity contribution in [1.82, 2.24) is 5.32 Å². The van der Waals surface area contributed by atoms with E-state index in [0.29, 0.717) is 0 Å². The van der Waals surface area contributed by atoms with Crippen LogP contribution < -0.4 is 5.32 Å². The van der Waals surface area contributed by atoms with Gasteiger partial charge in [-0.05, 0) is 24.3 Å². The van der Waals surface area contributed by atoms with Crippen LogP contribution in [0.5, 0.6) is 0 Å². The van der Waals surface area contributed by atoms with Gasteiger partial charge < -0.3 is 5.32 Å². The number of nitrogens with one attached hydrogen (secondary N) is 1. The summed E-state index contributed by atoms with van der Waals surface area (Å²) in [6, 6.07) is 10.0. The largest absolute Gasteiger partial charge is 0.313 e. The Labute approximate surface area is 108 Å².